The number of imidazole rings is 1. The van der Waals surface area contributed by atoms with Gasteiger partial charge >= 0.3 is 19.3 Å². The molecule has 2 bridgehead atoms. The van der Waals surface area contributed by atoms with E-state index in [2.05, 4.69) is 41.7 Å². The molecule has 0 radical (unpaired) electrons. The highest BCUT2D eigenvalue weighted by molar-refractivity contribution is 6.48. The van der Waals surface area contributed by atoms with Gasteiger partial charge in [0.2, 0.25) is 17.7 Å². The molecule has 15 nitrogen and oxygen atoms in total. The van der Waals surface area contributed by atoms with E-state index in [0.29, 0.717) is 30.5 Å². The lowest BCUT2D eigenvalue weighted by Gasteiger charge is -2.63. The van der Waals surface area contributed by atoms with Crippen LogP contribution < -0.4 is 16.0 Å². The maximum absolute atomic E-state index is 14.3. The van der Waals surface area contributed by atoms with Crippen molar-refractivity contribution in [3.63, 3.8) is 0 Å². The van der Waals surface area contributed by atoms with E-state index in [0.717, 1.165) is 30.3 Å². The van der Waals surface area contributed by atoms with Crippen LogP contribution in [0.25, 0.3) is 0 Å². The van der Waals surface area contributed by atoms with Crippen molar-refractivity contribution in [2.45, 2.75) is 168 Å². The van der Waals surface area contributed by atoms with Crippen molar-refractivity contribution in [3.8, 4) is 0 Å². The minimum absolute atomic E-state index is 0.0175. The highest BCUT2D eigenvalue weighted by atomic mass is 16.7. The number of alkyl carbamates (subject to hydrolysis) is 1. The Balaban J connectivity index is 1.24. The number of rotatable bonds is 10. The molecule has 2 saturated heterocycles. The van der Waals surface area contributed by atoms with Crippen LogP contribution in [-0.2, 0) is 39.6 Å². The molecule has 3 N–H and O–H groups in total. The zero-order valence-electron chi connectivity index (χ0n) is 34.2. The Hall–Kier alpha value is -3.66. The van der Waals surface area contributed by atoms with Crippen LogP contribution in [0.1, 0.15) is 121 Å². The molecule has 16 heteroatoms. The number of aromatic nitrogens is 2. The van der Waals surface area contributed by atoms with Gasteiger partial charge in [0, 0.05) is 19.2 Å². The second kappa shape index (κ2) is 14.8. The summed E-state index contributed by atoms with van der Waals surface area (Å²) in [7, 11) is -0.540. The summed E-state index contributed by atoms with van der Waals surface area (Å²) in [5, 5.41) is 8.14. The average Bonchev–Trinajstić information content (AvgIpc) is 3.80. The van der Waals surface area contributed by atoms with Gasteiger partial charge in [0.1, 0.15) is 35.2 Å². The molecule has 1 aromatic rings. The molecule has 5 fully saturated rings. The average molecular weight is 757 g/mol. The highest BCUT2D eigenvalue weighted by Gasteiger charge is 2.68. The van der Waals surface area contributed by atoms with Gasteiger partial charge in [-0.1, -0.05) is 20.8 Å². The molecule has 6 rings (SSSR count). The third-order valence-corrected chi connectivity index (χ3v) is 11.7. The third-order valence-electron chi connectivity index (χ3n) is 11.7. The maximum Gasteiger partial charge on any atom is 0.481 e. The predicted molar refractivity (Wildman–Crippen MR) is 200 cm³/mol. The van der Waals surface area contributed by atoms with E-state index in [1.54, 1.807) is 53.4 Å². The van der Waals surface area contributed by atoms with Gasteiger partial charge in [-0.05, 0) is 112 Å². The molecule has 54 heavy (non-hydrogen) atoms. The van der Waals surface area contributed by atoms with E-state index < -0.39 is 59.9 Å². The van der Waals surface area contributed by atoms with Crippen LogP contribution in [0.2, 0.25) is 0 Å². The number of hydrogen-bond donors (Lipinski definition) is 3. The molecule has 7 unspecified atom stereocenters. The third kappa shape index (κ3) is 8.74. The topological polar surface area (TPSA) is 179 Å². The summed E-state index contributed by atoms with van der Waals surface area (Å²) in [5.74, 6) is -0.760. The predicted octanol–water partition coefficient (Wildman–Crippen LogP) is 4.15. The molecule has 0 spiro atoms. The normalized spacial score (nSPS) is 28.1. The quantitative estimate of drug-likeness (QED) is 0.294. The van der Waals surface area contributed by atoms with Gasteiger partial charge in [0.05, 0.1) is 23.3 Å². The number of hydrogen-bond acceptors (Lipinski definition) is 10. The number of likely N-dealkylation sites (tertiary alicyclic amines) is 1. The van der Waals surface area contributed by atoms with Crippen LogP contribution >= 0.6 is 0 Å². The molecule has 1 aromatic heterocycles. The van der Waals surface area contributed by atoms with E-state index in [1.807, 2.05) is 6.92 Å². The summed E-state index contributed by atoms with van der Waals surface area (Å²) >= 11 is 0. The zero-order chi connectivity index (χ0) is 40.2. The van der Waals surface area contributed by atoms with E-state index >= 15 is 0 Å². The highest BCUT2D eigenvalue weighted by Crippen LogP contribution is 2.65. The molecule has 3 heterocycles. The molecular formula is C38H61BN6O9. The second-order valence-electron chi connectivity index (χ2n) is 18.7. The van der Waals surface area contributed by atoms with Crippen molar-refractivity contribution in [1.82, 2.24) is 30.4 Å². The lowest BCUT2D eigenvalue weighted by atomic mass is 9.45. The molecule has 8 atom stereocenters. The molecule has 2 aliphatic heterocycles. The lowest BCUT2D eigenvalue weighted by molar-refractivity contribution is -0.185. The van der Waals surface area contributed by atoms with E-state index in [9.17, 15) is 24.0 Å². The Bertz CT molecular complexity index is 1620. The first-order valence-corrected chi connectivity index (χ1v) is 19.4. The molecule has 0 aromatic carbocycles. The fraction of sp³-hybridized carbons (Fsp3) is 0.789. The first kappa shape index (κ1) is 41.5. The molecular weight excluding hydrogens is 695 g/mol. The van der Waals surface area contributed by atoms with Crippen LogP contribution in [0.5, 0.6) is 0 Å². The second-order valence-corrected chi connectivity index (χ2v) is 18.7. The summed E-state index contributed by atoms with van der Waals surface area (Å²) in [4.78, 5) is 73.0. The molecule has 4 amide bonds. The number of nitrogens with one attached hydrogen (secondary N) is 3. The molecule has 5 aliphatic rings. The largest absolute Gasteiger partial charge is 0.481 e. The van der Waals surface area contributed by atoms with Gasteiger partial charge in [0.25, 0.3) is 0 Å². The fourth-order valence-electron chi connectivity index (χ4n) is 8.36. The Labute approximate surface area is 319 Å². The number of ether oxygens (including phenoxy) is 2. The van der Waals surface area contributed by atoms with Crippen molar-refractivity contribution in [2.75, 3.05) is 6.54 Å². The first-order chi connectivity index (χ1) is 24.9. The summed E-state index contributed by atoms with van der Waals surface area (Å²) in [6.45, 7) is 22.6. The minimum atomic E-state index is -1.28. The van der Waals surface area contributed by atoms with Crippen LogP contribution in [0, 0.1) is 17.3 Å². The first-order valence-electron chi connectivity index (χ1n) is 19.4. The van der Waals surface area contributed by atoms with Crippen molar-refractivity contribution < 1.29 is 42.8 Å². The van der Waals surface area contributed by atoms with Crippen LogP contribution in [0.3, 0.4) is 0 Å². The van der Waals surface area contributed by atoms with Crippen LogP contribution in [0.4, 0.5) is 9.59 Å². The van der Waals surface area contributed by atoms with E-state index in [1.165, 1.54) is 19.4 Å². The Morgan fingerprint density at radius 1 is 1.02 bits per heavy atom. The number of nitrogens with zero attached hydrogens (tertiary/aromatic N) is 3. The maximum atomic E-state index is 14.3. The zero-order valence-corrected chi connectivity index (χ0v) is 34.2. The van der Waals surface area contributed by atoms with Crippen molar-refractivity contribution in [2.24, 2.45) is 17.3 Å². The van der Waals surface area contributed by atoms with Gasteiger partial charge in [-0.15, -0.1) is 0 Å². The van der Waals surface area contributed by atoms with Gasteiger partial charge in [-0.2, -0.15) is 0 Å². The minimum Gasteiger partial charge on any atom is -0.444 e. The number of carbonyl (C=O) groups is 5. The monoisotopic (exact) mass is 756 g/mol. The summed E-state index contributed by atoms with van der Waals surface area (Å²) in [6, 6.07) is -2.32. The molecule has 300 valence electrons. The Morgan fingerprint density at radius 3 is 2.30 bits per heavy atom. The van der Waals surface area contributed by atoms with Crippen molar-refractivity contribution in [3.05, 3.63) is 18.2 Å². The van der Waals surface area contributed by atoms with Gasteiger partial charge in [-0.25, -0.2) is 19.1 Å². The standard InChI is InChI=1S/C38H61BN6O9/c1-13-37(11,31(48)45-16-14-15-27(45)39-53-28-25-17-23(36(25,9)10)19-38(28,12)54-39)43-29(46)22(2)41-30(47)26(42-32(49)51-34(3,4)5)18-24-20-44(21-40-24)33(50)52-35(6,7)8/h20-23,25-28H,13-19H2,1-12H3,(H,41,47)(H,42,49)(H,43,46)/t22?,23?,25?,26?,27?,28?,37?,38-/m0/s1. The van der Waals surface area contributed by atoms with Crippen LogP contribution in [-0.4, -0.2) is 104 Å². The van der Waals surface area contributed by atoms with Gasteiger partial charge < -0.3 is 39.6 Å². The Kier molecular flexibility index (Phi) is 11.4. The van der Waals surface area contributed by atoms with Gasteiger partial charge in [0.15, 0.2) is 0 Å². The van der Waals surface area contributed by atoms with E-state index in [4.69, 9.17) is 18.8 Å². The van der Waals surface area contributed by atoms with Crippen molar-refractivity contribution in [1.29, 1.82) is 0 Å². The smallest absolute Gasteiger partial charge is 0.444 e. The number of amides is 4. The Morgan fingerprint density at radius 2 is 1.69 bits per heavy atom. The lowest BCUT2D eigenvalue weighted by Crippen LogP contribution is -2.63. The van der Waals surface area contributed by atoms with Crippen molar-refractivity contribution >= 4 is 37.0 Å². The summed E-state index contributed by atoms with van der Waals surface area (Å²) in [5.41, 5.74) is -2.72. The SMILES string of the molecule is CCC(C)(NC(=O)C(C)NC(=O)C(Cc1cn(C(=O)OC(C)(C)C)cn1)NC(=O)OC(C)(C)C)C(=O)N1CCCC1B1OC2C3CC(C[C@]2(C)O1)C3(C)C. The molecule has 3 saturated carbocycles. The number of carbonyl (C=O) groups excluding carboxylic acids is 5. The van der Waals surface area contributed by atoms with E-state index in [-0.39, 0.29) is 35.4 Å². The molecule has 3 aliphatic carbocycles. The summed E-state index contributed by atoms with van der Waals surface area (Å²) in [6.07, 6.45) is 4.93. The van der Waals surface area contributed by atoms with Crippen LogP contribution in [0.15, 0.2) is 12.5 Å². The summed E-state index contributed by atoms with van der Waals surface area (Å²) < 4.78 is 25.2. The fourth-order valence-corrected chi connectivity index (χ4v) is 8.36. The van der Waals surface area contributed by atoms with Gasteiger partial charge in [-0.3, -0.25) is 14.4 Å².